The molecule has 0 saturated carbocycles. The highest BCUT2D eigenvalue weighted by atomic mass is 32.2. The second kappa shape index (κ2) is 9.41. The lowest BCUT2D eigenvalue weighted by Gasteiger charge is -2.28. The zero-order chi connectivity index (χ0) is 20.7. The van der Waals surface area contributed by atoms with Gasteiger partial charge in [-0.25, -0.2) is 13.4 Å². The van der Waals surface area contributed by atoms with Crippen molar-refractivity contribution in [3.8, 4) is 0 Å². The molecular formula is C22H29N3O3S. The van der Waals surface area contributed by atoms with Gasteiger partial charge in [-0.05, 0) is 24.5 Å². The van der Waals surface area contributed by atoms with Crippen molar-refractivity contribution >= 4 is 15.8 Å². The molecule has 3 N–H and O–H groups in total. The van der Waals surface area contributed by atoms with Crippen molar-refractivity contribution in [2.45, 2.75) is 31.4 Å². The molecule has 29 heavy (non-hydrogen) atoms. The number of nitrogens with one attached hydrogen (secondary N) is 2. The van der Waals surface area contributed by atoms with Gasteiger partial charge < -0.3 is 15.7 Å². The number of hydrogen-bond acceptors (Lipinski definition) is 4. The fourth-order valence-electron chi connectivity index (χ4n) is 3.56. The standard InChI is InChI=1S/C22H29N3O3S/c1-2-23-21(25-20-13-14-29(27,28)16-20)24-17-22(26,19-11-7-4-8-12-19)15-18-9-5-3-6-10-18/h3-12,20,26H,2,13-17H2,1H3,(H2,23,24,25). The molecule has 2 atom stereocenters. The summed E-state index contributed by atoms with van der Waals surface area (Å²) in [6, 6.07) is 19.2. The molecule has 1 fully saturated rings. The normalized spacial score (nSPS) is 20.8. The number of aliphatic imine (C=N–C) groups is 1. The monoisotopic (exact) mass is 415 g/mol. The molecule has 1 aliphatic rings. The van der Waals surface area contributed by atoms with Crippen LogP contribution >= 0.6 is 0 Å². The Hall–Kier alpha value is -2.38. The van der Waals surface area contributed by atoms with Crippen molar-refractivity contribution in [1.82, 2.24) is 10.6 Å². The van der Waals surface area contributed by atoms with E-state index < -0.39 is 15.4 Å². The summed E-state index contributed by atoms with van der Waals surface area (Å²) in [5, 5.41) is 17.9. The van der Waals surface area contributed by atoms with Gasteiger partial charge in [0.15, 0.2) is 15.8 Å². The van der Waals surface area contributed by atoms with Crippen LogP contribution in [0.3, 0.4) is 0 Å². The lowest BCUT2D eigenvalue weighted by molar-refractivity contribution is 0.0467. The molecular weight excluding hydrogens is 386 g/mol. The molecule has 2 aromatic carbocycles. The molecule has 1 saturated heterocycles. The van der Waals surface area contributed by atoms with Gasteiger partial charge in [-0.15, -0.1) is 0 Å². The van der Waals surface area contributed by atoms with Crippen molar-refractivity contribution in [2.75, 3.05) is 24.6 Å². The van der Waals surface area contributed by atoms with Gasteiger partial charge in [0.1, 0.15) is 5.60 Å². The van der Waals surface area contributed by atoms with Crippen LogP contribution in [-0.4, -0.2) is 50.1 Å². The molecule has 3 rings (SSSR count). The van der Waals surface area contributed by atoms with Gasteiger partial charge >= 0.3 is 0 Å². The third kappa shape index (κ3) is 6.05. The van der Waals surface area contributed by atoms with Crippen LogP contribution in [0.2, 0.25) is 0 Å². The van der Waals surface area contributed by atoms with E-state index in [1.165, 1.54) is 0 Å². The first-order valence-corrected chi connectivity index (χ1v) is 11.8. The number of nitrogens with zero attached hydrogens (tertiary/aromatic N) is 1. The van der Waals surface area contributed by atoms with Gasteiger partial charge in [0.25, 0.3) is 0 Å². The van der Waals surface area contributed by atoms with Crippen molar-refractivity contribution in [1.29, 1.82) is 0 Å². The van der Waals surface area contributed by atoms with Crippen molar-refractivity contribution in [3.63, 3.8) is 0 Å². The maximum atomic E-state index is 11.7. The van der Waals surface area contributed by atoms with Crippen LogP contribution in [0.15, 0.2) is 65.7 Å². The number of guanidine groups is 1. The molecule has 0 aromatic heterocycles. The summed E-state index contributed by atoms with van der Waals surface area (Å²) in [5.74, 6) is 0.841. The topological polar surface area (TPSA) is 90.8 Å². The average Bonchev–Trinajstić information content (AvgIpc) is 3.06. The zero-order valence-corrected chi connectivity index (χ0v) is 17.5. The summed E-state index contributed by atoms with van der Waals surface area (Å²) in [6.45, 7) is 2.75. The minimum atomic E-state index is -2.98. The Kier molecular flexibility index (Phi) is 6.92. The molecule has 0 bridgehead atoms. The van der Waals surface area contributed by atoms with Gasteiger partial charge in [-0.1, -0.05) is 60.7 Å². The Morgan fingerprint density at radius 2 is 1.79 bits per heavy atom. The van der Waals surface area contributed by atoms with Crippen LogP contribution in [0.4, 0.5) is 0 Å². The van der Waals surface area contributed by atoms with Gasteiger partial charge in [0.05, 0.1) is 18.1 Å². The van der Waals surface area contributed by atoms with Crippen molar-refractivity contribution in [2.24, 2.45) is 4.99 Å². The van der Waals surface area contributed by atoms with Crippen LogP contribution in [0.25, 0.3) is 0 Å². The molecule has 2 unspecified atom stereocenters. The lowest BCUT2D eigenvalue weighted by atomic mass is 9.87. The second-order valence-corrected chi connectivity index (χ2v) is 9.73. The first kappa shape index (κ1) is 21.3. The minimum Gasteiger partial charge on any atom is -0.383 e. The molecule has 1 aliphatic heterocycles. The summed E-state index contributed by atoms with van der Waals surface area (Å²) in [5.41, 5.74) is 0.646. The molecule has 2 aromatic rings. The third-order valence-electron chi connectivity index (χ3n) is 5.07. The highest BCUT2D eigenvalue weighted by molar-refractivity contribution is 7.91. The van der Waals surface area contributed by atoms with Gasteiger partial charge in [0.2, 0.25) is 0 Å². The van der Waals surface area contributed by atoms with E-state index in [2.05, 4.69) is 15.6 Å². The average molecular weight is 416 g/mol. The fraction of sp³-hybridized carbons (Fsp3) is 0.409. The Bertz CT molecular complexity index is 917. The summed E-state index contributed by atoms with van der Waals surface area (Å²) < 4.78 is 23.5. The number of aliphatic hydroxyl groups is 1. The lowest BCUT2D eigenvalue weighted by Crippen LogP contribution is -2.45. The predicted molar refractivity (Wildman–Crippen MR) is 117 cm³/mol. The van der Waals surface area contributed by atoms with E-state index in [0.717, 1.165) is 11.1 Å². The van der Waals surface area contributed by atoms with E-state index in [0.29, 0.717) is 25.3 Å². The maximum absolute atomic E-state index is 11.7. The number of hydrogen-bond donors (Lipinski definition) is 3. The molecule has 6 nitrogen and oxygen atoms in total. The van der Waals surface area contributed by atoms with Crippen LogP contribution < -0.4 is 10.6 Å². The largest absolute Gasteiger partial charge is 0.383 e. The molecule has 1 heterocycles. The quantitative estimate of drug-likeness (QED) is 0.474. The highest BCUT2D eigenvalue weighted by Crippen LogP contribution is 2.26. The Labute approximate surface area is 173 Å². The number of benzene rings is 2. The van der Waals surface area contributed by atoms with E-state index in [1.54, 1.807) is 0 Å². The number of sulfone groups is 1. The van der Waals surface area contributed by atoms with Gasteiger partial charge in [0, 0.05) is 19.0 Å². The molecule has 0 amide bonds. The van der Waals surface area contributed by atoms with E-state index in [4.69, 9.17) is 0 Å². The van der Waals surface area contributed by atoms with Crippen LogP contribution in [0, 0.1) is 0 Å². The highest BCUT2D eigenvalue weighted by Gasteiger charge is 2.31. The van der Waals surface area contributed by atoms with E-state index in [9.17, 15) is 13.5 Å². The summed E-state index contributed by atoms with van der Waals surface area (Å²) in [6.07, 6.45) is 0.998. The Morgan fingerprint density at radius 3 is 2.38 bits per heavy atom. The van der Waals surface area contributed by atoms with Crippen molar-refractivity contribution < 1.29 is 13.5 Å². The Morgan fingerprint density at radius 1 is 1.14 bits per heavy atom. The molecule has 0 aliphatic carbocycles. The van der Waals surface area contributed by atoms with Crippen molar-refractivity contribution in [3.05, 3.63) is 71.8 Å². The van der Waals surface area contributed by atoms with Crippen LogP contribution in [0.5, 0.6) is 0 Å². The molecule has 7 heteroatoms. The Balaban J connectivity index is 1.81. The van der Waals surface area contributed by atoms with Gasteiger partial charge in [-0.3, -0.25) is 0 Å². The van der Waals surface area contributed by atoms with Crippen LogP contribution in [-0.2, 0) is 21.9 Å². The smallest absolute Gasteiger partial charge is 0.191 e. The SMILES string of the molecule is CCNC(=NCC(O)(Cc1ccccc1)c1ccccc1)NC1CCS(=O)(=O)C1. The van der Waals surface area contributed by atoms with Gasteiger partial charge in [-0.2, -0.15) is 0 Å². The predicted octanol–water partition coefficient (Wildman–Crippen LogP) is 1.86. The summed E-state index contributed by atoms with van der Waals surface area (Å²) in [4.78, 5) is 4.62. The zero-order valence-electron chi connectivity index (χ0n) is 16.7. The third-order valence-corrected chi connectivity index (χ3v) is 6.83. The molecule has 156 valence electrons. The van der Waals surface area contributed by atoms with E-state index in [-0.39, 0.29) is 24.1 Å². The first-order valence-electron chi connectivity index (χ1n) is 9.97. The molecule has 0 radical (unpaired) electrons. The fourth-order valence-corrected chi connectivity index (χ4v) is 5.24. The minimum absolute atomic E-state index is 0.115. The van der Waals surface area contributed by atoms with Crippen LogP contribution in [0.1, 0.15) is 24.5 Å². The van der Waals surface area contributed by atoms with E-state index >= 15 is 0 Å². The maximum Gasteiger partial charge on any atom is 0.191 e. The molecule has 0 spiro atoms. The second-order valence-electron chi connectivity index (χ2n) is 7.50. The number of rotatable bonds is 7. The first-order chi connectivity index (χ1) is 13.9. The van der Waals surface area contributed by atoms with E-state index in [1.807, 2.05) is 67.6 Å². The summed E-state index contributed by atoms with van der Waals surface area (Å²) >= 11 is 0. The summed E-state index contributed by atoms with van der Waals surface area (Å²) in [7, 11) is -2.98.